The van der Waals surface area contributed by atoms with Gasteiger partial charge in [0.05, 0.1) is 0 Å². The lowest BCUT2D eigenvalue weighted by Gasteiger charge is -2.46. The van der Waals surface area contributed by atoms with Crippen LogP contribution in [0.5, 0.6) is 0 Å². The second-order valence-corrected chi connectivity index (χ2v) is 10.2. The van der Waals surface area contributed by atoms with Crippen molar-refractivity contribution in [2.45, 2.75) is 46.4 Å². The summed E-state index contributed by atoms with van der Waals surface area (Å²) in [5, 5.41) is 0. The minimum absolute atomic E-state index is 0.637. The fourth-order valence-electron chi connectivity index (χ4n) is 2.44. The van der Waals surface area contributed by atoms with E-state index in [0.29, 0.717) is 18.8 Å². The SMILES string of the molecule is CB1C=CC(C)C(C)N1[Si](C)(C)C. The Labute approximate surface area is 84.4 Å². The molecule has 0 radical (unpaired) electrons. The third-order valence-electron chi connectivity index (χ3n) is 3.11. The molecule has 1 heterocycles. The number of nitrogens with zero attached hydrogens (tertiary/aromatic N) is 1. The van der Waals surface area contributed by atoms with Gasteiger partial charge in [-0.3, -0.25) is 0 Å². The Bertz CT molecular complexity index is 209. The van der Waals surface area contributed by atoms with Gasteiger partial charge in [-0.1, -0.05) is 46.4 Å². The summed E-state index contributed by atoms with van der Waals surface area (Å²) in [6, 6.07) is 0.715. The van der Waals surface area contributed by atoms with Crippen molar-refractivity contribution in [2.75, 3.05) is 0 Å². The summed E-state index contributed by atoms with van der Waals surface area (Å²) >= 11 is 0. The van der Waals surface area contributed by atoms with Crippen molar-refractivity contribution in [3.8, 4) is 0 Å². The maximum Gasteiger partial charge on any atom is 0.239 e. The van der Waals surface area contributed by atoms with Gasteiger partial charge in [0.1, 0.15) is 8.24 Å². The monoisotopic (exact) mass is 195 g/mol. The van der Waals surface area contributed by atoms with E-state index < -0.39 is 8.24 Å². The topological polar surface area (TPSA) is 3.24 Å². The lowest BCUT2D eigenvalue weighted by Crippen LogP contribution is -2.60. The van der Waals surface area contributed by atoms with Crippen molar-refractivity contribution < 1.29 is 0 Å². The molecule has 3 heteroatoms. The highest BCUT2D eigenvalue weighted by Gasteiger charge is 2.36. The van der Waals surface area contributed by atoms with Gasteiger partial charge in [0, 0.05) is 0 Å². The lowest BCUT2D eigenvalue weighted by molar-refractivity contribution is 0.395. The molecule has 0 fully saturated rings. The molecule has 1 nitrogen and oxygen atoms in total. The van der Waals surface area contributed by atoms with Gasteiger partial charge in [-0.25, -0.2) is 0 Å². The van der Waals surface area contributed by atoms with Crippen molar-refractivity contribution in [2.24, 2.45) is 5.92 Å². The maximum absolute atomic E-state index is 2.73. The molecule has 0 spiro atoms. The first kappa shape index (κ1) is 11.1. The van der Waals surface area contributed by atoms with Crippen molar-refractivity contribution in [1.82, 2.24) is 4.48 Å². The Hall–Kier alpha value is -0.0182. The predicted molar refractivity (Wildman–Crippen MR) is 64.6 cm³/mol. The predicted octanol–water partition coefficient (Wildman–Crippen LogP) is 2.88. The molecule has 0 N–H and O–H groups in total. The highest BCUT2D eigenvalue weighted by molar-refractivity contribution is 6.84. The average molecular weight is 195 g/mol. The smallest absolute Gasteiger partial charge is 0.239 e. The molecule has 1 aliphatic rings. The molecule has 0 bridgehead atoms. The first-order valence-electron chi connectivity index (χ1n) is 5.31. The summed E-state index contributed by atoms with van der Waals surface area (Å²) < 4.78 is 2.73. The molecule has 13 heavy (non-hydrogen) atoms. The van der Waals surface area contributed by atoms with Crippen LogP contribution < -0.4 is 0 Å². The van der Waals surface area contributed by atoms with E-state index >= 15 is 0 Å². The molecular weight excluding hydrogens is 173 g/mol. The van der Waals surface area contributed by atoms with E-state index in [1.54, 1.807) is 0 Å². The van der Waals surface area contributed by atoms with Gasteiger partial charge in [0.25, 0.3) is 0 Å². The molecule has 0 amide bonds. The zero-order valence-corrected chi connectivity index (χ0v) is 10.8. The first-order valence-corrected chi connectivity index (χ1v) is 8.75. The van der Waals surface area contributed by atoms with Crippen LogP contribution in [0.25, 0.3) is 0 Å². The van der Waals surface area contributed by atoms with Crippen LogP contribution in [-0.4, -0.2) is 25.6 Å². The van der Waals surface area contributed by atoms with Gasteiger partial charge in [0.2, 0.25) is 6.85 Å². The lowest BCUT2D eigenvalue weighted by atomic mass is 9.61. The molecule has 1 rings (SSSR count). The largest absolute Gasteiger partial charge is 0.358 e. The Balaban J connectivity index is 2.89. The first-order chi connectivity index (χ1) is 5.84. The summed E-state index contributed by atoms with van der Waals surface area (Å²) in [7, 11) is -1.14. The van der Waals surface area contributed by atoms with E-state index in [1.807, 2.05) is 0 Å². The van der Waals surface area contributed by atoms with E-state index in [9.17, 15) is 0 Å². The fourth-order valence-corrected chi connectivity index (χ4v) is 5.20. The van der Waals surface area contributed by atoms with Gasteiger partial charge in [-0.15, -0.1) is 5.98 Å². The van der Waals surface area contributed by atoms with Crippen molar-refractivity contribution in [3.63, 3.8) is 0 Å². The van der Waals surface area contributed by atoms with Crippen LogP contribution in [0.3, 0.4) is 0 Å². The average Bonchev–Trinajstić information content (AvgIpc) is 1.95. The van der Waals surface area contributed by atoms with Crippen LogP contribution in [0, 0.1) is 5.92 Å². The van der Waals surface area contributed by atoms with Crippen molar-refractivity contribution >= 4 is 15.1 Å². The van der Waals surface area contributed by atoms with Crippen LogP contribution in [0.15, 0.2) is 12.1 Å². The van der Waals surface area contributed by atoms with Crippen LogP contribution in [-0.2, 0) is 0 Å². The van der Waals surface area contributed by atoms with E-state index in [-0.39, 0.29) is 0 Å². The van der Waals surface area contributed by atoms with Crippen LogP contribution in [0.2, 0.25) is 26.5 Å². The van der Waals surface area contributed by atoms with Gasteiger partial charge >= 0.3 is 0 Å². The van der Waals surface area contributed by atoms with E-state index in [4.69, 9.17) is 0 Å². The molecule has 0 aromatic carbocycles. The quantitative estimate of drug-likeness (QED) is 0.581. The molecule has 0 aromatic rings. The minimum Gasteiger partial charge on any atom is -0.358 e. The molecule has 1 aliphatic heterocycles. The Kier molecular flexibility index (Phi) is 3.08. The summed E-state index contributed by atoms with van der Waals surface area (Å²) in [6.45, 7) is 14.9. The standard InChI is InChI=1S/C10H22BNSi/c1-9-7-8-11(3)12(10(9)2)13(4,5)6/h7-10H,1-6H3. The summed E-state index contributed by atoms with van der Waals surface area (Å²) in [6.07, 6.45) is 2.37. The third-order valence-corrected chi connectivity index (χ3v) is 5.47. The fraction of sp³-hybridized carbons (Fsp3) is 0.800. The normalized spacial score (nSPS) is 31.1. The third kappa shape index (κ3) is 2.26. The number of hydrogen-bond donors (Lipinski definition) is 0. The molecule has 0 saturated carbocycles. The molecule has 2 atom stereocenters. The zero-order valence-electron chi connectivity index (χ0n) is 9.83. The summed E-state index contributed by atoms with van der Waals surface area (Å²) in [4.78, 5) is 0. The Morgan fingerprint density at radius 1 is 1.23 bits per heavy atom. The van der Waals surface area contributed by atoms with Gasteiger partial charge in [-0.05, 0) is 12.0 Å². The summed E-state index contributed by atoms with van der Waals surface area (Å²) in [5.41, 5.74) is 0. The van der Waals surface area contributed by atoms with Crippen LogP contribution in [0.4, 0.5) is 0 Å². The van der Waals surface area contributed by atoms with Crippen molar-refractivity contribution in [3.05, 3.63) is 12.1 Å². The highest BCUT2D eigenvalue weighted by atomic mass is 28.3. The highest BCUT2D eigenvalue weighted by Crippen LogP contribution is 2.25. The molecular formula is C10H22BNSi. The molecule has 0 saturated heterocycles. The molecule has 0 aliphatic carbocycles. The van der Waals surface area contributed by atoms with Gasteiger partial charge < -0.3 is 4.48 Å². The van der Waals surface area contributed by atoms with Gasteiger partial charge in [-0.2, -0.15) is 0 Å². The molecule has 74 valence electrons. The van der Waals surface area contributed by atoms with Crippen LogP contribution in [0.1, 0.15) is 13.8 Å². The Morgan fingerprint density at radius 2 is 1.77 bits per heavy atom. The molecule has 0 aromatic heterocycles. The van der Waals surface area contributed by atoms with Gasteiger partial charge in [0.15, 0.2) is 0 Å². The number of rotatable bonds is 1. The number of hydrogen-bond acceptors (Lipinski definition) is 1. The maximum atomic E-state index is 2.73. The summed E-state index contributed by atoms with van der Waals surface area (Å²) in [5.74, 6) is 3.08. The minimum atomic E-state index is -1.14. The van der Waals surface area contributed by atoms with Crippen LogP contribution >= 0.6 is 0 Å². The van der Waals surface area contributed by atoms with E-state index in [1.165, 1.54) is 0 Å². The Morgan fingerprint density at radius 3 is 2.15 bits per heavy atom. The second-order valence-electron chi connectivity index (χ2n) is 5.30. The zero-order chi connectivity index (χ0) is 10.2. The second kappa shape index (κ2) is 3.62. The molecule has 2 unspecified atom stereocenters. The van der Waals surface area contributed by atoms with E-state index in [0.717, 1.165) is 0 Å². The van der Waals surface area contributed by atoms with E-state index in [2.05, 4.69) is 56.8 Å². The van der Waals surface area contributed by atoms with Crippen molar-refractivity contribution in [1.29, 1.82) is 0 Å².